The van der Waals surface area contributed by atoms with Gasteiger partial charge in [0.05, 0.1) is 0 Å². The maximum atomic E-state index is 5.16. The summed E-state index contributed by atoms with van der Waals surface area (Å²) in [6.45, 7) is 10.5. The zero-order valence-corrected chi connectivity index (χ0v) is 13.7. The standard InChI is InChI=1S/C7H15NS2.C3H8Si/c1-4-8(5-2)7(9)10-6-3;1-2-3-4/h4-6H2,1-3H3;2-3H,1,4H3. The van der Waals surface area contributed by atoms with E-state index < -0.39 is 0 Å². The minimum atomic E-state index is 1.03. The van der Waals surface area contributed by atoms with Crippen LogP contribution in [-0.2, 0) is 0 Å². The molecule has 0 aromatic heterocycles. The average Bonchev–Trinajstić information content (AvgIpc) is 2.20. The normalized spacial score (nSPS) is 9.71. The Balaban J connectivity index is 0. The Kier molecular flexibility index (Phi) is 15.7. The van der Waals surface area contributed by atoms with Crippen LogP contribution in [0.15, 0.2) is 11.8 Å². The maximum absolute atomic E-state index is 5.16. The zero-order valence-electron chi connectivity index (χ0n) is 10.0. The number of allylic oxidation sites excluding steroid dienone is 1. The van der Waals surface area contributed by atoms with Crippen molar-refractivity contribution < 1.29 is 0 Å². The van der Waals surface area contributed by atoms with Crippen LogP contribution in [0.3, 0.4) is 0 Å². The van der Waals surface area contributed by atoms with Gasteiger partial charge in [-0.2, -0.15) is 0 Å². The van der Waals surface area contributed by atoms with Gasteiger partial charge in [0.15, 0.2) is 0 Å². The molecule has 0 saturated carbocycles. The predicted molar refractivity (Wildman–Crippen MR) is 78.4 cm³/mol. The third-order valence-corrected chi connectivity index (χ3v) is 3.70. The molecule has 0 heterocycles. The van der Waals surface area contributed by atoms with Gasteiger partial charge in [-0.05, 0) is 26.5 Å². The van der Waals surface area contributed by atoms with E-state index in [1.165, 1.54) is 10.2 Å². The molecule has 0 aromatic carbocycles. The first-order valence-electron chi connectivity index (χ1n) is 5.16. The minimum Gasteiger partial charge on any atom is -0.358 e. The van der Waals surface area contributed by atoms with Crippen molar-refractivity contribution in [3.8, 4) is 0 Å². The molecule has 0 N–H and O–H groups in total. The van der Waals surface area contributed by atoms with Crippen LogP contribution in [0.5, 0.6) is 0 Å². The Morgan fingerprint density at radius 3 is 2.00 bits per heavy atom. The highest BCUT2D eigenvalue weighted by atomic mass is 32.2. The van der Waals surface area contributed by atoms with E-state index in [4.69, 9.17) is 12.2 Å². The van der Waals surface area contributed by atoms with Crippen LogP contribution in [-0.4, -0.2) is 38.3 Å². The second kappa shape index (κ2) is 13.2. The lowest BCUT2D eigenvalue weighted by Crippen LogP contribution is -2.26. The Morgan fingerprint density at radius 1 is 1.36 bits per heavy atom. The maximum Gasteiger partial charge on any atom is 0.136 e. The van der Waals surface area contributed by atoms with Crippen LogP contribution in [0.25, 0.3) is 0 Å². The van der Waals surface area contributed by atoms with Gasteiger partial charge in [0, 0.05) is 23.3 Å². The molecule has 0 radical (unpaired) electrons. The quantitative estimate of drug-likeness (QED) is 0.558. The number of hydrogen-bond donors (Lipinski definition) is 0. The number of thioether (sulfide) groups is 1. The number of hydrogen-bond acceptors (Lipinski definition) is 2. The van der Waals surface area contributed by atoms with E-state index in [0.29, 0.717) is 0 Å². The highest BCUT2D eigenvalue weighted by Crippen LogP contribution is 2.07. The van der Waals surface area contributed by atoms with E-state index in [0.717, 1.165) is 23.2 Å². The fraction of sp³-hybridized carbons (Fsp3) is 0.700. The van der Waals surface area contributed by atoms with E-state index in [1.807, 2.05) is 6.92 Å². The molecular weight excluding hydrogens is 226 g/mol. The second-order valence-corrected chi connectivity index (χ2v) is 5.10. The zero-order chi connectivity index (χ0) is 11.4. The molecule has 84 valence electrons. The average molecular weight is 250 g/mol. The summed E-state index contributed by atoms with van der Waals surface area (Å²) >= 11 is 6.91. The summed E-state index contributed by atoms with van der Waals surface area (Å²) in [6, 6.07) is 0. The molecule has 0 unspecified atom stereocenters. The van der Waals surface area contributed by atoms with Gasteiger partial charge >= 0.3 is 0 Å². The largest absolute Gasteiger partial charge is 0.358 e. The van der Waals surface area contributed by atoms with Crippen LogP contribution >= 0.6 is 24.0 Å². The van der Waals surface area contributed by atoms with Crippen LogP contribution in [0.2, 0.25) is 0 Å². The molecule has 0 fully saturated rings. The summed E-state index contributed by atoms with van der Waals surface area (Å²) in [5, 5.41) is 0. The molecule has 0 atom stereocenters. The molecule has 0 aliphatic rings. The van der Waals surface area contributed by atoms with E-state index >= 15 is 0 Å². The Labute approximate surface area is 102 Å². The van der Waals surface area contributed by atoms with Crippen molar-refractivity contribution in [3.63, 3.8) is 0 Å². The lowest BCUT2D eigenvalue weighted by Gasteiger charge is -2.20. The summed E-state index contributed by atoms with van der Waals surface area (Å²) in [7, 11) is 1.21. The molecule has 0 aliphatic carbocycles. The van der Waals surface area contributed by atoms with Crippen molar-refractivity contribution in [1.82, 2.24) is 4.90 Å². The summed E-state index contributed by atoms with van der Waals surface area (Å²) < 4.78 is 1.03. The molecule has 0 amide bonds. The topological polar surface area (TPSA) is 3.24 Å². The first kappa shape index (κ1) is 16.6. The van der Waals surface area contributed by atoms with Crippen LogP contribution in [0, 0.1) is 0 Å². The molecule has 0 bridgehead atoms. The van der Waals surface area contributed by atoms with Gasteiger partial charge in [-0.25, -0.2) is 0 Å². The van der Waals surface area contributed by atoms with Crippen molar-refractivity contribution >= 4 is 38.5 Å². The molecule has 0 saturated heterocycles. The van der Waals surface area contributed by atoms with Gasteiger partial charge < -0.3 is 4.90 Å². The molecule has 0 aromatic rings. The first-order valence-corrected chi connectivity index (χ1v) is 7.71. The lowest BCUT2D eigenvalue weighted by atomic mass is 10.6. The van der Waals surface area contributed by atoms with Crippen LogP contribution in [0.4, 0.5) is 0 Å². The van der Waals surface area contributed by atoms with Crippen molar-refractivity contribution in [2.24, 2.45) is 0 Å². The van der Waals surface area contributed by atoms with Crippen molar-refractivity contribution in [2.45, 2.75) is 27.7 Å². The third kappa shape index (κ3) is 10.3. The molecule has 14 heavy (non-hydrogen) atoms. The van der Waals surface area contributed by atoms with Crippen molar-refractivity contribution in [1.29, 1.82) is 0 Å². The molecule has 0 aliphatic heterocycles. The fourth-order valence-electron chi connectivity index (χ4n) is 0.697. The SMILES string of the molecule is CC=C[SiH3].CCSC(=S)N(CC)CC. The summed E-state index contributed by atoms with van der Waals surface area (Å²) in [4.78, 5) is 2.20. The number of rotatable bonds is 3. The Hall–Kier alpha value is 0.197. The van der Waals surface area contributed by atoms with Gasteiger partial charge in [0.25, 0.3) is 0 Å². The van der Waals surface area contributed by atoms with Crippen molar-refractivity contribution in [3.05, 3.63) is 11.8 Å². The Morgan fingerprint density at radius 2 is 1.79 bits per heavy atom. The third-order valence-electron chi connectivity index (χ3n) is 1.62. The Bertz CT molecular complexity index is 152. The first-order chi connectivity index (χ1) is 6.67. The fourth-order valence-corrected chi connectivity index (χ4v) is 2.00. The van der Waals surface area contributed by atoms with Gasteiger partial charge in [-0.15, -0.1) is 5.70 Å². The second-order valence-electron chi connectivity index (χ2n) is 2.54. The highest BCUT2D eigenvalue weighted by molar-refractivity contribution is 8.22. The van der Waals surface area contributed by atoms with E-state index in [1.54, 1.807) is 11.8 Å². The molecular formula is C10H23NS2Si. The van der Waals surface area contributed by atoms with Gasteiger partial charge in [0.1, 0.15) is 4.32 Å². The summed E-state index contributed by atoms with van der Waals surface area (Å²) in [5.74, 6) is 1.08. The molecule has 0 rings (SSSR count). The highest BCUT2D eigenvalue weighted by Gasteiger charge is 2.02. The molecule has 1 nitrogen and oxygen atoms in total. The molecule has 0 spiro atoms. The summed E-state index contributed by atoms with van der Waals surface area (Å²) in [6.07, 6.45) is 2.06. The van der Waals surface area contributed by atoms with Gasteiger partial charge in [-0.3, -0.25) is 0 Å². The smallest absolute Gasteiger partial charge is 0.136 e. The lowest BCUT2D eigenvalue weighted by molar-refractivity contribution is 0.482. The van der Waals surface area contributed by atoms with Crippen LogP contribution < -0.4 is 0 Å². The predicted octanol–water partition coefficient (Wildman–Crippen LogP) is 2.25. The monoisotopic (exact) mass is 249 g/mol. The molecule has 4 heteroatoms. The van der Waals surface area contributed by atoms with Gasteiger partial charge in [-0.1, -0.05) is 37.0 Å². The number of nitrogens with zero attached hydrogens (tertiary/aromatic N) is 1. The number of thiocarbonyl (C=S) groups is 1. The van der Waals surface area contributed by atoms with E-state index in [2.05, 4.69) is 37.4 Å². The van der Waals surface area contributed by atoms with Crippen molar-refractivity contribution in [2.75, 3.05) is 18.8 Å². The summed E-state index contributed by atoms with van der Waals surface area (Å²) in [5.41, 5.74) is 2.14. The van der Waals surface area contributed by atoms with Crippen LogP contribution in [0.1, 0.15) is 27.7 Å². The van der Waals surface area contributed by atoms with Gasteiger partial charge in [0.2, 0.25) is 0 Å². The van der Waals surface area contributed by atoms with E-state index in [-0.39, 0.29) is 0 Å². The van der Waals surface area contributed by atoms with E-state index in [9.17, 15) is 0 Å². The minimum absolute atomic E-state index is 1.03.